The smallest absolute Gasteiger partial charge is 0.164 e. The molecule has 1 aliphatic rings. The Kier molecular flexibility index (Phi) is 4.54. The highest BCUT2D eigenvalue weighted by atomic mass is 16.1. The SMILES string of the molecule is CCC1CCCN1CCC(=O)c1ccc(C)cc1. The molecule has 0 saturated carbocycles. The van der Waals surface area contributed by atoms with Crippen molar-refractivity contribution in [1.29, 1.82) is 0 Å². The van der Waals surface area contributed by atoms with Gasteiger partial charge in [0.25, 0.3) is 0 Å². The van der Waals surface area contributed by atoms with E-state index in [9.17, 15) is 4.79 Å². The zero-order chi connectivity index (χ0) is 13.0. The second kappa shape index (κ2) is 6.14. The van der Waals surface area contributed by atoms with Crippen LogP contribution in [0.2, 0.25) is 0 Å². The molecule has 1 heterocycles. The van der Waals surface area contributed by atoms with Crippen LogP contribution in [0.4, 0.5) is 0 Å². The summed E-state index contributed by atoms with van der Waals surface area (Å²) >= 11 is 0. The monoisotopic (exact) mass is 245 g/mol. The van der Waals surface area contributed by atoms with Gasteiger partial charge in [-0.15, -0.1) is 0 Å². The molecule has 0 N–H and O–H groups in total. The zero-order valence-electron chi connectivity index (χ0n) is 11.5. The van der Waals surface area contributed by atoms with Crippen LogP contribution in [-0.4, -0.2) is 29.8 Å². The molecule has 1 aliphatic heterocycles. The van der Waals surface area contributed by atoms with Gasteiger partial charge in [0.15, 0.2) is 5.78 Å². The third-order valence-corrected chi connectivity index (χ3v) is 3.97. The Morgan fingerprint density at radius 3 is 2.72 bits per heavy atom. The van der Waals surface area contributed by atoms with Crippen LogP contribution in [0.25, 0.3) is 0 Å². The first-order chi connectivity index (χ1) is 8.70. The van der Waals surface area contributed by atoms with Gasteiger partial charge in [-0.25, -0.2) is 0 Å². The largest absolute Gasteiger partial charge is 0.300 e. The molecular formula is C16H23NO. The predicted molar refractivity (Wildman–Crippen MR) is 75.0 cm³/mol. The van der Waals surface area contributed by atoms with Crippen LogP contribution in [0.3, 0.4) is 0 Å². The van der Waals surface area contributed by atoms with Gasteiger partial charge in [0, 0.05) is 24.6 Å². The number of rotatable bonds is 5. The van der Waals surface area contributed by atoms with E-state index in [-0.39, 0.29) is 5.78 Å². The van der Waals surface area contributed by atoms with Gasteiger partial charge in [-0.2, -0.15) is 0 Å². The highest BCUT2D eigenvalue weighted by molar-refractivity contribution is 5.96. The molecule has 1 aromatic rings. The van der Waals surface area contributed by atoms with Gasteiger partial charge in [-0.1, -0.05) is 36.8 Å². The van der Waals surface area contributed by atoms with E-state index in [2.05, 4.69) is 11.8 Å². The quantitative estimate of drug-likeness (QED) is 0.741. The second-order valence-electron chi connectivity index (χ2n) is 5.28. The first-order valence-electron chi connectivity index (χ1n) is 7.04. The Hall–Kier alpha value is -1.15. The highest BCUT2D eigenvalue weighted by Crippen LogP contribution is 2.20. The van der Waals surface area contributed by atoms with Crippen LogP contribution in [-0.2, 0) is 0 Å². The normalized spacial score (nSPS) is 20.2. The maximum Gasteiger partial charge on any atom is 0.164 e. The molecule has 98 valence electrons. The van der Waals surface area contributed by atoms with Crippen LogP contribution in [0, 0.1) is 6.92 Å². The van der Waals surface area contributed by atoms with Crippen molar-refractivity contribution in [2.45, 2.75) is 45.6 Å². The second-order valence-corrected chi connectivity index (χ2v) is 5.28. The Morgan fingerprint density at radius 2 is 2.06 bits per heavy atom. The summed E-state index contributed by atoms with van der Waals surface area (Å²) in [6.45, 7) is 6.38. The zero-order valence-corrected chi connectivity index (χ0v) is 11.5. The van der Waals surface area contributed by atoms with Crippen LogP contribution < -0.4 is 0 Å². The van der Waals surface area contributed by atoms with Gasteiger partial charge < -0.3 is 0 Å². The molecule has 0 radical (unpaired) electrons. The van der Waals surface area contributed by atoms with E-state index in [1.165, 1.54) is 31.4 Å². The summed E-state index contributed by atoms with van der Waals surface area (Å²) in [5.74, 6) is 0.275. The van der Waals surface area contributed by atoms with Gasteiger partial charge in [0.2, 0.25) is 0 Å². The molecule has 0 spiro atoms. The van der Waals surface area contributed by atoms with E-state index in [4.69, 9.17) is 0 Å². The molecule has 2 heteroatoms. The number of aryl methyl sites for hydroxylation is 1. The first-order valence-corrected chi connectivity index (χ1v) is 7.04. The van der Waals surface area contributed by atoms with Crippen molar-refractivity contribution in [2.24, 2.45) is 0 Å². The Balaban J connectivity index is 1.86. The van der Waals surface area contributed by atoms with E-state index in [1.54, 1.807) is 0 Å². The standard InChI is InChI=1S/C16H23NO/c1-3-15-5-4-11-17(15)12-10-16(18)14-8-6-13(2)7-9-14/h6-9,15H,3-5,10-12H2,1-2H3. The Bertz CT molecular complexity index is 396. The van der Waals surface area contributed by atoms with Gasteiger partial charge in [-0.05, 0) is 32.7 Å². The average molecular weight is 245 g/mol. The van der Waals surface area contributed by atoms with Gasteiger partial charge >= 0.3 is 0 Å². The van der Waals surface area contributed by atoms with E-state index < -0.39 is 0 Å². The molecule has 1 unspecified atom stereocenters. The fraction of sp³-hybridized carbons (Fsp3) is 0.562. The molecule has 0 aliphatic carbocycles. The lowest BCUT2D eigenvalue weighted by molar-refractivity contribution is 0.0960. The summed E-state index contributed by atoms with van der Waals surface area (Å²) in [6.07, 6.45) is 4.45. The molecule has 2 nitrogen and oxygen atoms in total. The van der Waals surface area contributed by atoms with Crippen LogP contribution >= 0.6 is 0 Å². The fourth-order valence-corrected chi connectivity index (χ4v) is 2.78. The molecule has 1 fully saturated rings. The maximum atomic E-state index is 12.1. The lowest BCUT2D eigenvalue weighted by Gasteiger charge is -2.22. The molecule has 0 bridgehead atoms. The van der Waals surface area contributed by atoms with E-state index in [0.717, 1.165) is 12.1 Å². The number of likely N-dealkylation sites (tertiary alicyclic amines) is 1. The first kappa shape index (κ1) is 13.3. The van der Waals surface area contributed by atoms with Crippen molar-refractivity contribution >= 4 is 5.78 Å². The van der Waals surface area contributed by atoms with E-state index in [0.29, 0.717) is 12.5 Å². The predicted octanol–water partition coefficient (Wildman–Crippen LogP) is 3.44. The topological polar surface area (TPSA) is 20.3 Å². The molecule has 1 atom stereocenters. The van der Waals surface area contributed by atoms with Crippen molar-refractivity contribution < 1.29 is 4.79 Å². The maximum absolute atomic E-state index is 12.1. The lowest BCUT2D eigenvalue weighted by atomic mass is 10.1. The van der Waals surface area contributed by atoms with Gasteiger partial charge in [0.05, 0.1) is 0 Å². The summed E-state index contributed by atoms with van der Waals surface area (Å²) in [4.78, 5) is 14.6. The van der Waals surface area contributed by atoms with E-state index in [1.807, 2.05) is 31.2 Å². The average Bonchev–Trinajstić information content (AvgIpc) is 2.84. The number of hydrogen-bond acceptors (Lipinski definition) is 2. The molecular weight excluding hydrogens is 222 g/mol. The van der Waals surface area contributed by atoms with Crippen LogP contribution in [0.1, 0.15) is 48.5 Å². The number of Topliss-reactive ketones (excluding diaryl/α,β-unsaturated/α-hetero) is 1. The minimum atomic E-state index is 0.275. The number of carbonyl (C=O) groups is 1. The number of ketones is 1. The third-order valence-electron chi connectivity index (χ3n) is 3.97. The summed E-state index contributed by atoms with van der Waals surface area (Å²) in [5.41, 5.74) is 2.06. The Labute approximate surface area is 110 Å². The number of nitrogens with zero attached hydrogens (tertiary/aromatic N) is 1. The Morgan fingerprint density at radius 1 is 1.33 bits per heavy atom. The minimum absolute atomic E-state index is 0.275. The number of benzene rings is 1. The molecule has 1 aromatic carbocycles. The van der Waals surface area contributed by atoms with Crippen LogP contribution in [0.5, 0.6) is 0 Å². The van der Waals surface area contributed by atoms with Crippen molar-refractivity contribution in [1.82, 2.24) is 4.90 Å². The van der Waals surface area contributed by atoms with Crippen molar-refractivity contribution in [3.8, 4) is 0 Å². The van der Waals surface area contributed by atoms with Crippen molar-refractivity contribution in [2.75, 3.05) is 13.1 Å². The van der Waals surface area contributed by atoms with E-state index >= 15 is 0 Å². The minimum Gasteiger partial charge on any atom is -0.300 e. The van der Waals surface area contributed by atoms with Gasteiger partial charge in [-0.3, -0.25) is 9.69 Å². The van der Waals surface area contributed by atoms with Crippen molar-refractivity contribution in [3.63, 3.8) is 0 Å². The third kappa shape index (κ3) is 3.20. The highest BCUT2D eigenvalue weighted by Gasteiger charge is 2.22. The summed E-state index contributed by atoms with van der Waals surface area (Å²) in [7, 11) is 0. The summed E-state index contributed by atoms with van der Waals surface area (Å²) in [5, 5.41) is 0. The molecule has 1 saturated heterocycles. The summed E-state index contributed by atoms with van der Waals surface area (Å²) in [6, 6.07) is 8.61. The van der Waals surface area contributed by atoms with Crippen LogP contribution in [0.15, 0.2) is 24.3 Å². The lowest BCUT2D eigenvalue weighted by Crippen LogP contribution is -2.30. The summed E-state index contributed by atoms with van der Waals surface area (Å²) < 4.78 is 0. The molecule has 0 aromatic heterocycles. The van der Waals surface area contributed by atoms with Crippen molar-refractivity contribution in [3.05, 3.63) is 35.4 Å². The number of hydrogen-bond donors (Lipinski definition) is 0. The molecule has 2 rings (SSSR count). The molecule has 0 amide bonds. The van der Waals surface area contributed by atoms with Gasteiger partial charge in [0.1, 0.15) is 0 Å². The number of carbonyl (C=O) groups excluding carboxylic acids is 1. The molecule has 18 heavy (non-hydrogen) atoms. The fourth-order valence-electron chi connectivity index (χ4n) is 2.78.